The van der Waals surface area contributed by atoms with Crippen LogP contribution in [-0.2, 0) is 0 Å². The summed E-state index contributed by atoms with van der Waals surface area (Å²) in [6, 6.07) is 6.16. The fourth-order valence-corrected chi connectivity index (χ4v) is 3.38. The van der Waals surface area contributed by atoms with E-state index in [9.17, 15) is 9.18 Å². The molecule has 0 N–H and O–H groups in total. The van der Waals surface area contributed by atoms with Crippen molar-refractivity contribution in [2.24, 2.45) is 0 Å². The molecule has 0 saturated carbocycles. The number of anilines is 1. The van der Waals surface area contributed by atoms with E-state index in [0.29, 0.717) is 36.2 Å². The highest BCUT2D eigenvalue weighted by Crippen LogP contribution is 2.22. The van der Waals surface area contributed by atoms with Gasteiger partial charge < -0.3 is 9.80 Å². The SMILES string of the molecule is Cc1cc(N2CCN(C(=O)c3cc(F)ccc3Br)CC2)nc(C(C)C)n1. The van der Waals surface area contributed by atoms with Crippen LogP contribution in [0.2, 0.25) is 0 Å². The van der Waals surface area contributed by atoms with Crippen LogP contribution in [-0.4, -0.2) is 47.0 Å². The maximum absolute atomic E-state index is 13.5. The van der Waals surface area contributed by atoms with Gasteiger partial charge in [0.05, 0.1) is 5.56 Å². The summed E-state index contributed by atoms with van der Waals surface area (Å²) in [5.41, 5.74) is 1.30. The van der Waals surface area contributed by atoms with Crippen LogP contribution >= 0.6 is 15.9 Å². The van der Waals surface area contributed by atoms with Crippen molar-refractivity contribution in [1.29, 1.82) is 0 Å². The van der Waals surface area contributed by atoms with Gasteiger partial charge in [-0.25, -0.2) is 14.4 Å². The average Bonchev–Trinajstić information content (AvgIpc) is 2.62. The number of rotatable bonds is 3. The smallest absolute Gasteiger partial charge is 0.255 e. The fraction of sp³-hybridized carbons (Fsp3) is 0.421. The number of halogens is 2. The first-order valence-electron chi connectivity index (χ1n) is 8.70. The van der Waals surface area contributed by atoms with Crippen molar-refractivity contribution >= 4 is 27.7 Å². The lowest BCUT2D eigenvalue weighted by Crippen LogP contribution is -2.49. The Kier molecular flexibility index (Phi) is 5.55. The van der Waals surface area contributed by atoms with E-state index in [1.807, 2.05) is 13.0 Å². The summed E-state index contributed by atoms with van der Waals surface area (Å²) >= 11 is 3.33. The molecule has 5 nitrogen and oxygen atoms in total. The molecule has 2 aromatic rings. The third kappa shape index (κ3) is 4.03. The standard InChI is InChI=1S/C19H22BrFN4O/c1-12(2)18-22-13(3)10-17(23-18)24-6-8-25(9-7-24)19(26)15-11-14(21)4-5-16(15)20/h4-5,10-12H,6-9H2,1-3H3. The zero-order valence-corrected chi connectivity index (χ0v) is 16.8. The second-order valence-electron chi connectivity index (χ2n) is 6.78. The van der Waals surface area contributed by atoms with Gasteiger partial charge in [0.25, 0.3) is 5.91 Å². The lowest BCUT2D eigenvalue weighted by molar-refractivity contribution is 0.0745. The molecule has 26 heavy (non-hydrogen) atoms. The second kappa shape index (κ2) is 7.70. The van der Waals surface area contributed by atoms with Crippen molar-refractivity contribution < 1.29 is 9.18 Å². The highest BCUT2D eigenvalue weighted by atomic mass is 79.9. The highest BCUT2D eigenvalue weighted by molar-refractivity contribution is 9.10. The van der Waals surface area contributed by atoms with Crippen LogP contribution in [0.15, 0.2) is 28.7 Å². The molecule has 1 fully saturated rings. The summed E-state index contributed by atoms with van der Waals surface area (Å²) in [7, 11) is 0. The molecule has 2 heterocycles. The number of aromatic nitrogens is 2. The van der Waals surface area contributed by atoms with Gasteiger partial charge in [0.1, 0.15) is 17.5 Å². The van der Waals surface area contributed by atoms with Crippen LogP contribution in [0.1, 0.15) is 41.6 Å². The van der Waals surface area contributed by atoms with Crippen molar-refractivity contribution in [2.45, 2.75) is 26.7 Å². The highest BCUT2D eigenvalue weighted by Gasteiger charge is 2.25. The number of hydrogen-bond acceptors (Lipinski definition) is 4. The Morgan fingerprint density at radius 2 is 1.85 bits per heavy atom. The first-order chi connectivity index (χ1) is 12.3. The van der Waals surface area contributed by atoms with Crippen molar-refractivity contribution in [2.75, 3.05) is 31.1 Å². The molecule has 0 atom stereocenters. The van der Waals surface area contributed by atoms with Crippen LogP contribution < -0.4 is 4.90 Å². The minimum Gasteiger partial charge on any atom is -0.353 e. The fourth-order valence-electron chi connectivity index (χ4n) is 2.97. The van der Waals surface area contributed by atoms with Gasteiger partial charge in [-0.05, 0) is 41.1 Å². The van der Waals surface area contributed by atoms with E-state index in [2.05, 4.69) is 44.6 Å². The summed E-state index contributed by atoms with van der Waals surface area (Å²) in [4.78, 5) is 25.8. The molecular weight excluding hydrogens is 399 g/mol. The van der Waals surface area contributed by atoms with Crippen molar-refractivity contribution in [1.82, 2.24) is 14.9 Å². The molecule has 0 bridgehead atoms. The van der Waals surface area contributed by atoms with E-state index in [0.717, 1.165) is 17.3 Å². The van der Waals surface area contributed by atoms with Crippen molar-refractivity contribution in [3.05, 3.63) is 51.6 Å². The minimum atomic E-state index is -0.409. The predicted octanol–water partition coefficient (Wildman–Crippen LogP) is 3.77. The van der Waals surface area contributed by atoms with Gasteiger partial charge >= 0.3 is 0 Å². The van der Waals surface area contributed by atoms with Gasteiger partial charge in [-0.3, -0.25) is 4.79 Å². The van der Waals surface area contributed by atoms with Gasteiger partial charge in [0.15, 0.2) is 0 Å². The van der Waals surface area contributed by atoms with Crippen molar-refractivity contribution in [3.8, 4) is 0 Å². The van der Waals surface area contributed by atoms with Gasteiger partial charge in [0.2, 0.25) is 0 Å². The van der Waals surface area contributed by atoms with E-state index in [-0.39, 0.29) is 11.8 Å². The monoisotopic (exact) mass is 420 g/mol. The molecule has 1 amide bonds. The molecule has 138 valence electrons. The molecule has 1 aliphatic heterocycles. The summed E-state index contributed by atoms with van der Waals surface area (Å²) in [6.07, 6.45) is 0. The number of benzene rings is 1. The number of aryl methyl sites for hydroxylation is 1. The predicted molar refractivity (Wildman–Crippen MR) is 103 cm³/mol. The Morgan fingerprint density at radius 1 is 1.15 bits per heavy atom. The number of piperazine rings is 1. The first kappa shape index (κ1) is 18.8. The number of hydrogen-bond donors (Lipinski definition) is 0. The average molecular weight is 421 g/mol. The molecule has 1 saturated heterocycles. The molecule has 1 aliphatic rings. The quantitative estimate of drug-likeness (QED) is 0.757. The Hall–Kier alpha value is -2.02. The second-order valence-corrected chi connectivity index (χ2v) is 7.64. The van der Waals surface area contributed by atoms with Crippen LogP contribution in [0, 0.1) is 12.7 Å². The molecule has 0 aliphatic carbocycles. The number of amides is 1. The molecule has 0 radical (unpaired) electrons. The van der Waals surface area contributed by atoms with Crippen LogP contribution in [0.3, 0.4) is 0 Å². The molecular formula is C19H22BrFN4O. The Balaban J connectivity index is 1.71. The van der Waals surface area contributed by atoms with E-state index < -0.39 is 5.82 Å². The van der Waals surface area contributed by atoms with Gasteiger partial charge in [-0.1, -0.05) is 13.8 Å². The zero-order chi connectivity index (χ0) is 18.8. The van der Waals surface area contributed by atoms with E-state index in [1.54, 1.807) is 11.0 Å². The van der Waals surface area contributed by atoms with E-state index >= 15 is 0 Å². The van der Waals surface area contributed by atoms with Crippen molar-refractivity contribution in [3.63, 3.8) is 0 Å². The molecule has 7 heteroatoms. The molecule has 0 spiro atoms. The van der Waals surface area contributed by atoms with Gasteiger partial charge in [-0.15, -0.1) is 0 Å². The topological polar surface area (TPSA) is 49.3 Å². The lowest BCUT2D eigenvalue weighted by Gasteiger charge is -2.35. The van der Waals surface area contributed by atoms with Gasteiger partial charge in [-0.2, -0.15) is 0 Å². The number of nitrogens with zero attached hydrogens (tertiary/aromatic N) is 4. The zero-order valence-electron chi connectivity index (χ0n) is 15.2. The van der Waals surface area contributed by atoms with E-state index in [1.165, 1.54) is 12.1 Å². The largest absolute Gasteiger partial charge is 0.353 e. The summed E-state index contributed by atoms with van der Waals surface area (Å²) in [5.74, 6) is 1.44. The number of carbonyl (C=O) groups is 1. The summed E-state index contributed by atoms with van der Waals surface area (Å²) < 4.78 is 14.1. The third-order valence-electron chi connectivity index (χ3n) is 4.42. The third-order valence-corrected chi connectivity index (χ3v) is 5.12. The molecule has 1 aromatic carbocycles. The molecule has 0 unspecified atom stereocenters. The van der Waals surface area contributed by atoms with Gasteiger partial charge in [0, 0.05) is 48.3 Å². The molecule has 3 rings (SSSR count). The number of carbonyl (C=O) groups excluding carboxylic acids is 1. The van der Waals surface area contributed by atoms with Crippen LogP contribution in [0.5, 0.6) is 0 Å². The van der Waals surface area contributed by atoms with E-state index in [4.69, 9.17) is 0 Å². The Labute approximate surface area is 161 Å². The van der Waals surface area contributed by atoms with Crippen LogP contribution in [0.4, 0.5) is 10.2 Å². The Morgan fingerprint density at radius 3 is 2.50 bits per heavy atom. The Bertz CT molecular complexity index is 819. The van der Waals surface area contributed by atoms with Crippen LogP contribution in [0.25, 0.3) is 0 Å². The first-order valence-corrected chi connectivity index (χ1v) is 9.49. The summed E-state index contributed by atoms with van der Waals surface area (Å²) in [6.45, 7) is 8.64. The maximum Gasteiger partial charge on any atom is 0.255 e. The summed E-state index contributed by atoms with van der Waals surface area (Å²) in [5, 5.41) is 0. The lowest BCUT2D eigenvalue weighted by atomic mass is 10.1. The normalized spacial score (nSPS) is 14.8. The molecule has 1 aromatic heterocycles. The maximum atomic E-state index is 13.5. The minimum absolute atomic E-state index is 0.155.